The maximum absolute atomic E-state index is 12.0. The van der Waals surface area contributed by atoms with Crippen LogP contribution in [-0.2, 0) is 0 Å². The number of carbonyl (C=O) groups is 1. The first kappa shape index (κ1) is 16.1. The standard InChI is InChI=1S/C17H23N3O2/c1-19(2)14-9-7-13(8-10-14)15(20(3)4)12-18-17(21)16-6-5-11-22-16/h5-11,15H,12H2,1-4H3,(H,18,21)/p+1/t15-/m0/s1. The zero-order valence-corrected chi connectivity index (χ0v) is 13.6. The van der Waals surface area contributed by atoms with Gasteiger partial charge in [-0.2, -0.15) is 0 Å². The Balaban J connectivity index is 2.05. The fraction of sp³-hybridized carbons (Fsp3) is 0.353. The predicted octanol–water partition coefficient (Wildman–Crippen LogP) is 0.961. The molecule has 2 aromatic rings. The summed E-state index contributed by atoms with van der Waals surface area (Å²) in [5, 5.41) is 2.94. The highest BCUT2D eigenvalue weighted by Crippen LogP contribution is 2.16. The summed E-state index contributed by atoms with van der Waals surface area (Å²) in [4.78, 5) is 15.3. The Bertz CT molecular complexity index is 589. The van der Waals surface area contributed by atoms with E-state index in [2.05, 4.69) is 48.6 Å². The molecule has 1 atom stereocenters. The van der Waals surface area contributed by atoms with Crippen molar-refractivity contribution in [3.63, 3.8) is 0 Å². The summed E-state index contributed by atoms with van der Waals surface area (Å²) >= 11 is 0. The summed E-state index contributed by atoms with van der Waals surface area (Å²) in [6.45, 7) is 0.559. The van der Waals surface area contributed by atoms with Crippen molar-refractivity contribution in [2.24, 2.45) is 0 Å². The maximum atomic E-state index is 12.0. The smallest absolute Gasteiger partial charge is 0.287 e. The van der Waals surface area contributed by atoms with E-state index in [9.17, 15) is 4.79 Å². The van der Waals surface area contributed by atoms with E-state index in [0.717, 1.165) is 5.69 Å². The van der Waals surface area contributed by atoms with Crippen LogP contribution in [0.5, 0.6) is 0 Å². The summed E-state index contributed by atoms with van der Waals surface area (Å²) in [6.07, 6.45) is 1.50. The molecule has 2 N–H and O–H groups in total. The highest BCUT2D eigenvalue weighted by Gasteiger charge is 2.20. The summed E-state index contributed by atoms with van der Waals surface area (Å²) in [7, 11) is 8.22. The molecule has 0 aliphatic rings. The third-order valence-electron chi connectivity index (χ3n) is 3.72. The summed E-state index contributed by atoms with van der Waals surface area (Å²) in [6, 6.07) is 12.0. The van der Waals surface area contributed by atoms with Crippen LogP contribution in [0.4, 0.5) is 5.69 Å². The maximum Gasteiger partial charge on any atom is 0.287 e. The largest absolute Gasteiger partial charge is 0.459 e. The topological polar surface area (TPSA) is 49.9 Å². The van der Waals surface area contributed by atoms with Crippen molar-refractivity contribution >= 4 is 11.6 Å². The molecule has 1 amide bonds. The van der Waals surface area contributed by atoms with E-state index in [1.807, 2.05) is 14.1 Å². The average Bonchev–Trinajstić information content (AvgIpc) is 3.01. The summed E-state index contributed by atoms with van der Waals surface area (Å²) in [5.74, 6) is 0.164. The third kappa shape index (κ3) is 3.89. The number of amides is 1. The van der Waals surface area contributed by atoms with Gasteiger partial charge in [0.05, 0.1) is 26.9 Å². The Morgan fingerprint density at radius 2 is 1.91 bits per heavy atom. The first-order chi connectivity index (χ1) is 10.5. The summed E-state index contributed by atoms with van der Waals surface area (Å²) < 4.78 is 5.11. The Hall–Kier alpha value is -2.27. The minimum Gasteiger partial charge on any atom is -0.459 e. The number of furan rings is 1. The number of benzene rings is 1. The molecule has 1 aromatic carbocycles. The molecule has 0 aliphatic heterocycles. The molecule has 2 rings (SSSR count). The van der Waals surface area contributed by atoms with Crippen LogP contribution >= 0.6 is 0 Å². The first-order valence-electron chi connectivity index (χ1n) is 7.38. The van der Waals surface area contributed by atoms with Gasteiger partial charge in [-0.25, -0.2) is 0 Å². The SMILES string of the molecule is CN(C)c1ccc([C@H](CNC(=O)c2ccco2)[NH+](C)C)cc1. The van der Waals surface area contributed by atoms with E-state index in [1.54, 1.807) is 12.1 Å². The number of anilines is 1. The van der Waals surface area contributed by atoms with Crippen molar-refractivity contribution in [1.82, 2.24) is 5.32 Å². The van der Waals surface area contributed by atoms with Crippen LogP contribution in [0.15, 0.2) is 47.1 Å². The quantitative estimate of drug-likeness (QED) is 0.836. The molecule has 0 aliphatic carbocycles. The van der Waals surface area contributed by atoms with Crippen molar-refractivity contribution < 1.29 is 14.1 Å². The van der Waals surface area contributed by atoms with E-state index in [-0.39, 0.29) is 11.9 Å². The molecule has 22 heavy (non-hydrogen) atoms. The van der Waals surface area contributed by atoms with Gasteiger partial charge in [-0.15, -0.1) is 0 Å². The number of rotatable bonds is 6. The Morgan fingerprint density at radius 3 is 2.41 bits per heavy atom. The second-order valence-electron chi connectivity index (χ2n) is 5.80. The van der Waals surface area contributed by atoms with Crippen LogP contribution in [0.25, 0.3) is 0 Å². The lowest BCUT2D eigenvalue weighted by Crippen LogP contribution is -3.07. The van der Waals surface area contributed by atoms with E-state index < -0.39 is 0 Å². The molecule has 1 aromatic heterocycles. The molecule has 0 saturated carbocycles. The van der Waals surface area contributed by atoms with E-state index in [0.29, 0.717) is 12.3 Å². The van der Waals surface area contributed by atoms with E-state index in [1.165, 1.54) is 16.7 Å². The number of quaternary nitrogens is 1. The van der Waals surface area contributed by atoms with Crippen LogP contribution in [0.1, 0.15) is 22.2 Å². The van der Waals surface area contributed by atoms with Crippen LogP contribution in [0.2, 0.25) is 0 Å². The Morgan fingerprint density at radius 1 is 1.23 bits per heavy atom. The molecule has 0 fully saturated rings. The highest BCUT2D eigenvalue weighted by molar-refractivity contribution is 5.91. The van der Waals surface area contributed by atoms with Crippen molar-refractivity contribution in [3.05, 3.63) is 54.0 Å². The number of hydrogen-bond donors (Lipinski definition) is 2. The highest BCUT2D eigenvalue weighted by atomic mass is 16.3. The number of carbonyl (C=O) groups excluding carboxylic acids is 1. The van der Waals surface area contributed by atoms with E-state index >= 15 is 0 Å². The number of hydrogen-bond acceptors (Lipinski definition) is 3. The number of likely N-dealkylation sites (N-methyl/N-ethyl adjacent to an activating group) is 1. The molecule has 5 nitrogen and oxygen atoms in total. The fourth-order valence-corrected chi connectivity index (χ4v) is 2.35. The average molecular weight is 302 g/mol. The zero-order chi connectivity index (χ0) is 16.1. The van der Waals surface area contributed by atoms with Gasteiger partial charge in [-0.1, -0.05) is 12.1 Å². The van der Waals surface area contributed by atoms with Crippen LogP contribution in [0, 0.1) is 0 Å². The molecule has 5 heteroatoms. The zero-order valence-electron chi connectivity index (χ0n) is 13.6. The normalized spacial score (nSPS) is 12.2. The van der Waals surface area contributed by atoms with Gasteiger partial charge in [-0.3, -0.25) is 4.79 Å². The predicted molar refractivity (Wildman–Crippen MR) is 87.4 cm³/mol. The minimum absolute atomic E-state index is 0.179. The number of nitrogens with zero attached hydrogens (tertiary/aromatic N) is 1. The molecule has 0 bridgehead atoms. The Labute approximate surface area is 131 Å². The van der Waals surface area contributed by atoms with Crippen LogP contribution in [0.3, 0.4) is 0 Å². The van der Waals surface area contributed by atoms with Gasteiger partial charge in [0.15, 0.2) is 5.76 Å². The molecule has 0 spiro atoms. The third-order valence-corrected chi connectivity index (χ3v) is 3.72. The van der Waals surface area contributed by atoms with Crippen LogP contribution in [-0.4, -0.2) is 40.6 Å². The lowest BCUT2D eigenvalue weighted by molar-refractivity contribution is -0.890. The lowest BCUT2D eigenvalue weighted by Gasteiger charge is -2.23. The molecule has 0 unspecified atom stereocenters. The molecule has 0 saturated heterocycles. The van der Waals surface area contributed by atoms with Crippen LogP contribution < -0.4 is 15.1 Å². The molecule has 118 valence electrons. The summed E-state index contributed by atoms with van der Waals surface area (Å²) in [5.41, 5.74) is 2.36. The van der Waals surface area contributed by atoms with Gasteiger partial charge >= 0.3 is 0 Å². The van der Waals surface area contributed by atoms with Gasteiger partial charge in [0.1, 0.15) is 6.04 Å². The number of nitrogens with one attached hydrogen (secondary N) is 2. The monoisotopic (exact) mass is 302 g/mol. The second-order valence-corrected chi connectivity index (χ2v) is 5.80. The van der Waals surface area contributed by atoms with Gasteiger partial charge in [0, 0.05) is 25.3 Å². The van der Waals surface area contributed by atoms with Crippen molar-refractivity contribution in [3.8, 4) is 0 Å². The molecular formula is C17H24N3O2+. The van der Waals surface area contributed by atoms with Crippen molar-refractivity contribution in [1.29, 1.82) is 0 Å². The molecule has 0 radical (unpaired) electrons. The first-order valence-corrected chi connectivity index (χ1v) is 7.38. The minimum atomic E-state index is -0.179. The van der Waals surface area contributed by atoms with Crippen molar-refractivity contribution in [2.75, 3.05) is 39.6 Å². The van der Waals surface area contributed by atoms with Gasteiger partial charge < -0.3 is 19.5 Å². The van der Waals surface area contributed by atoms with Gasteiger partial charge in [0.25, 0.3) is 5.91 Å². The molecular weight excluding hydrogens is 278 g/mol. The Kier molecular flexibility index (Phi) is 5.22. The van der Waals surface area contributed by atoms with Gasteiger partial charge in [0.2, 0.25) is 0 Å². The lowest BCUT2D eigenvalue weighted by atomic mass is 10.1. The van der Waals surface area contributed by atoms with Gasteiger partial charge in [-0.05, 0) is 24.3 Å². The fourth-order valence-electron chi connectivity index (χ4n) is 2.35. The van der Waals surface area contributed by atoms with E-state index in [4.69, 9.17) is 4.42 Å². The van der Waals surface area contributed by atoms with Crippen molar-refractivity contribution in [2.45, 2.75) is 6.04 Å². The molecule has 1 heterocycles. The second kappa shape index (κ2) is 7.13.